The summed E-state index contributed by atoms with van der Waals surface area (Å²) < 4.78 is 0. The van der Waals surface area contributed by atoms with Crippen molar-refractivity contribution >= 4 is 11.8 Å². The van der Waals surface area contributed by atoms with Gasteiger partial charge < -0.3 is 9.80 Å². The van der Waals surface area contributed by atoms with Crippen molar-refractivity contribution in [3.63, 3.8) is 0 Å². The maximum Gasteiger partial charge on any atom is 0.253 e. The predicted octanol–water partition coefficient (Wildman–Crippen LogP) is 3.57. The Morgan fingerprint density at radius 2 is 1.43 bits per heavy atom. The van der Waals surface area contributed by atoms with E-state index in [2.05, 4.69) is 16.7 Å². The second kappa shape index (κ2) is 9.51. The number of nitrogens with zero attached hydrogens (tertiary/aromatic N) is 3. The largest absolute Gasteiger partial charge is 0.341 e. The topological polar surface area (TPSA) is 43.9 Å². The number of hydrogen-bond acceptors (Lipinski definition) is 3. The van der Waals surface area contributed by atoms with Crippen LogP contribution in [0.25, 0.3) is 0 Å². The van der Waals surface area contributed by atoms with E-state index in [1.807, 2.05) is 36.1 Å². The number of likely N-dealkylation sites (tertiary alicyclic amines) is 1. The van der Waals surface area contributed by atoms with Gasteiger partial charge in [0, 0.05) is 44.8 Å². The van der Waals surface area contributed by atoms with Crippen molar-refractivity contribution in [3.05, 3.63) is 35.4 Å². The number of piperazine rings is 1. The highest BCUT2D eigenvalue weighted by Gasteiger charge is 2.39. The molecule has 1 aliphatic carbocycles. The Bertz CT molecular complexity index is 725. The van der Waals surface area contributed by atoms with E-state index in [-0.39, 0.29) is 11.9 Å². The molecule has 1 aromatic rings. The number of carbonyl (C=O) groups is 2. The number of rotatable bonds is 4. The molecule has 1 aromatic carbocycles. The van der Waals surface area contributed by atoms with Gasteiger partial charge in [-0.25, -0.2) is 0 Å². The Balaban J connectivity index is 1.41. The summed E-state index contributed by atoms with van der Waals surface area (Å²) in [7, 11) is 0. The van der Waals surface area contributed by atoms with Gasteiger partial charge in [-0.1, -0.05) is 37.5 Å². The monoisotopic (exact) mass is 411 g/mol. The average molecular weight is 412 g/mol. The minimum atomic E-state index is 0.0116. The summed E-state index contributed by atoms with van der Waals surface area (Å²) in [6.07, 6.45) is 7.09. The van der Waals surface area contributed by atoms with E-state index in [0.717, 1.165) is 50.5 Å². The van der Waals surface area contributed by atoms with Crippen LogP contribution in [-0.2, 0) is 4.79 Å². The molecule has 1 atom stereocenters. The summed E-state index contributed by atoms with van der Waals surface area (Å²) in [4.78, 5) is 32.9. The van der Waals surface area contributed by atoms with Gasteiger partial charge in [0.2, 0.25) is 5.91 Å². The molecule has 2 saturated heterocycles. The third-order valence-corrected chi connectivity index (χ3v) is 7.49. The predicted molar refractivity (Wildman–Crippen MR) is 119 cm³/mol. The molecule has 2 aliphatic heterocycles. The van der Waals surface area contributed by atoms with Crippen LogP contribution in [0.3, 0.4) is 0 Å². The third-order valence-electron chi connectivity index (χ3n) is 7.49. The quantitative estimate of drug-likeness (QED) is 0.761. The molecule has 164 valence electrons. The van der Waals surface area contributed by atoms with Crippen LogP contribution in [0.4, 0.5) is 0 Å². The van der Waals surface area contributed by atoms with E-state index in [1.165, 1.54) is 31.2 Å². The van der Waals surface area contributed by atoms with Gasteiger partial charge in [0.25, 0.3) is 5.91 Å². The lowest BCUT2D eigenvalue weighted by molar-refractivity contribution is -0.141. The molecule has 3 fully saturated rings. The Morgan fingerprint density at radius 1 is 0.833 bits per heavy atom. The molecule has 0 unspecified atom stereocenters. The standard InChI is InChI=1S/C25H37N3O2/c1-19-7-9-22(10-8-19)24(29)28-17-15-26(16-18-28)23(21-5-3-4-6-21)25(30)27-13-11-20(2)12-14-27/h7-10,20-21,23H,3-6,11-18H2,1-2H3/t23-/m1/s1. The lowest BCUT2D eigenvalue weighted by Crippen LogP contribution is -2.59. The summed E-state index contributed by atoms with van der Waals surface area (Å²) in [6.45, 7) is 9.17. The van der Waals surface area contributed by atoms with Crippen molar-refractivity contribution in [3.8, 4) is 0 Å². The minimum absolute atomic E-state index is 0.0116. The SMILES string of the molecule is Cc1ccc(C(=O)N2CCN([C@@H](C(=O)N3CCC(C)CC3)C3CCCC3)CC2)cc1. The Labute approximate surface area is 181 Å². The normalized spacial score (nSPS) is 23.0. The van der Waals surface area contributed by atoms with Crippen LogP contribution < -0.4 is 0 Å². The first-order chi connectivity index (χ1) is 14.5. The average Bonchev–Trinajstić information content (AvgIpc) is 3.29. The van der Waals surface area contributed by atoms with Crippen molar-refractivity contribution in [2.24, 2.45) is 11.8 Å². The van der Waals surface area contributed by atoms with Gasteiger partial charge in [-0.05, 0) is 56.6 Å². The molecular weight excluding hydrogens is 374 g/mol. The van der Waals surface area contributed by atoms with Crippen LogP contribution in [0.15, 0.2) is 24.3 Å². The number of hydrogen-bond donors (Lipinski definition) is 0. The molecule has 30 heavy (non-hydrogen) atoms. The van der Waals surface area contributed by atoms with Crippen molar-refractivity contribution < 1.29 is 9.59 Å². The van der Waals surface area contributed by atoms with Gasteiger partial charge in [0.05, 0.1) is 6.04 Å². The van der Waals surface area contributed by atoms with Crippen LogP contribution in [0.5, 0.6) is 0 Å². The number of amides is 2. The van der Waals surface area contributed by atoms with Gasteiger partial charge in [-0.2, -0.15) is 0 Å². The molecule has 0 spiro atoms. The fourth-order valence-electron chi connectivity index (χ4n) is 5.43. The molecule has 0 bridgehead atoms. The van der Waals surface area contributed by atoms with Gasteiger partial charge >= 0.3 is 0 Å². The Kier molecular flexibility index (Phi) is 6.77. The molecule has 0 aromatic heterocycles. The molecule has 1 saturated carbocycles. The fraction of sp³-hybridized carbons (Fsp3) is 0.680. The van der Waals surface area contributed by atoms with Crippen LogP contribution in [0.1, 0.15) is 61.4 Å². The molecule has 5 heteroatoms. The fourth-order valence-corrected chi connectivity index (χ4v) is 5.43. The minimum Gasteiger partial charge on any atom is -0.341 e. The third kappa shape index (κ3) is 4.72. The number of piperidine rings is 1. The van der Waals surface area contributed by atoms with Crippen molar-refractivity contribution in [2.75, 3.05) is 39.3 Å². The number of carbonyl (C=O) groups excluding carboxylic acids is 2. The van der Waals surface area contributed by atoms with Crippen LogP contribution >= 0.6 is 0 Å². The summed E-state index contributed by atoms with van der Waals surface area (Å²) >= 11 is 0. The lowest BCUT2D eigenvalue weighted by atomic mass is 9.92. The lowest BCUT2D eigenvalue weighted by Gasteiger charge is -2.43. The highest BCUT2D eigenvalue weighted by Crippen LogP contribution is 2.33. The van der Waals surface area contributed by atoms with Crippen LogP contribution in [0.2, 0.25) is 0 Å². The first-order valence-corrected chi connectivity index (χ1v) is 11.9. The Hall–Kier alpha value is -1.88. The van der Waals surface area contributed by atoms with Crippen LogP contribution in [0, 0.1) is 18.8 Å². The van der Waals surface area contributed by atoms with Gasteiger partial charge in [0.15, 0.2) is 0 Å². The molecule has 4 rings (SSSR count). The molecule has 0 N–H and O–H groups in total. The van der Waals surface area contributed by atoms with E-state index in [4.69, 9.17) is 0 Å². The molecule has 3 aliphatic rings. The Morgan fingerprint density at radius 3 is 2.03 bits per heavy atom. The zero-order chi connectivity index (χ0) is 21.1. The summed E-state index contributed by atoms with van der Waals surface area (Å²) in [5.41, 5.74) is 1.93. The van der Waals surface area contributed by atoms with E-state index >= 15 is 0 Å². The number of benzene rings is 1. The first kappa shape index (κ1) is 21.4. The summed E-state index contributed by atoms with van der Waals surface area (Å²) in [5.74, 6) is 1.68. The molecule has 2 heterocycles. The first-order valence-electron chi connectivity index (χ1n) is 11.9. The van der Waals surface area contributed by atoms with Gasteiger partial charge in [-0.3, -0.25) is 14.5 Å². The maximum absolute atomic E-state index is 13.6. The van der Waals surface area contributed by atoms with E-state index in [0.29, 0.717) is 24.9 Å². The zero-order valence-corrected chi connectivity index (χ0v) is 18.7. The van der Waals surface area contributed by atoms with Crippen molar-refractivity contribution in [2.45, 2.75) is 58.4 Å². The summed E-state index contributed by atoms with van der Waals surface area (Å²) in [6, 6.07) is 7.85. The molecule has 2 amide bonds. The maximum atomic E-state index is 13.6. The molecular formula is C25H37N3O2. The smallest absolute Gasteiger partial charge is 0.253 e. The van der Waals surface area contributed by atoms with Gasteiger partial charge in [-0.15, -0.1) is 0 Å². The molecule has 0 radical (unpaired) electrons. The van der Waals surface area contributed by atoms with E-state index in [1.54, 1.807) is 0 Å². The highest BCUT2D eigenvalue weighted by atomic mass is 16.2. The molecule has 5 nitrogen and oxygen atoms in total. The highest BCUT2D eigenvalue weighted by molar-refractivity contribution is 5.94. The van der Waals surface area contributed by atoms with E-state index < -0.39 is 0 Å². The van der Waals surface area contributed by atoms with Gasteiger partial charge in [0.1, 0.15) is 0 Å². The second-order valence-corrected chi connectivity index (χ2v) is 9.69. The van der Waals surface area contributed by atoms with Crippen molar-refractivity contribution in [1.29, 1.82) is 0 Å². The van der Waals surface area contributed by atoms with Crippen molar-refractivity contribution in [1.82, 2.24) is 14.7 Å². The van der Waals surface area contributed by atoms with E-state index in [9.17, 15) is 9.59 Å². The number of aryl methyl sites for hydroxylation is 1. The van der Waals surface area contributed by atoms with Crippen LogP contribution in [-0.4, -0.2) is 71.8 Å². The second-order valence-electron chi connectivity index (χ2n) is 9.69. The summed E-state index contributed by atoms with van der Waals surface area (Å²) in [5, 5.41) is 0. The zero-order valence-electron chi connectivity index (χ0n) is 18.7.